The molecule has 33 heavy (non-hydrogen) atoms. The van der Waals surface area contributed by atoms with E-state index in [9.17, 15) is 26.7 Å². The van der Waals surface area contributed by atoms with Crippen molar-refractivity contribution in [2.24, 2.45) is 0 Å². The summed E-state index contributed by atoms with van der Waals surface area (Å²) < 4.78 is 57.2. The average molecular weight is 490 g/mol. The van der Waals surface area contributed by atoms with Gasteiger partial charge in [0.15, 0.2) is 0 Å². The minimum atomic E-state index is -4.04. The number of carboxylic acid groups (broad SMARTS) is 1. The predicted octanol–water partition coefficient (Wildman–Crippen LogP) is 3.05. The lowest BCUT2D eigenvalue weighted by molar-refractivity contribution is -0.138. The van der Waals surface area contributed by atoms with Crippen LogP contribution in [-0.4, -0.2) is 34.0 Å². The molecule has 0 fully saturated rings. The molecular formula is C23H23NO7S2. The van der Waals surface area contributed by atoms with Crippen molar-refractivity contribution in [1.82, 2.24) is 4.72 Å². The summed E-state index contributed by atoms with van der Waals surface area (Å²) in [6.45, 7) is 3.64. The summed E-state index contributed by atoms with van der Waals surface area (Å²) in [5.41, 5.74) is 2.26. The number of benzene rings is 3. The van der Waals surface area contributed by atoms with Gasteiger partial charge in [0, 0.05) is 0 Å². The van der Waals surface area contributed by atoms with Gasteiger partial charge in [0.05, 0.1) is 4.90 Å². The summed E-state index contributed by atoms with van der Waals surface area (Å²) >= 11 is 0. The summed E-state index contributed by atoms with van der Waals surface area (Å²) in [6.07, 6.45) is -0.147. The number of aliphatic carboxylic acids is 1. The molecule has 0 aliphatic carbocycles. The van der Waals surface area contributed by atoms with Gasteiger partial charge in [-0.25, -0.2) is 8.42 Å². The highest BCUT2D eigenvalue weighted by atomic mass is 32.2. The van der Waals surface area contributed by atoms with Crippen molar-refractivity contribution in [3.63, 3.8) is 0 Å². The van der Waals surface area contributed by atoms with Crippen LogP contribution in [0, 0.1) is 13.8 Å². The van der Waals surface area contributed by atoms with Crippen LogP contribution in [0.4, 0.5) is 0 Å². The second kappa shape index (κ2) is 9.74. The normalized spacial score (nSPS) is 12.8. The molecule has 0 radical (unpaired) electrons. The minimum Gasteiger partial charge on any atom is -0.480 e. The van der Waals surface area contributed by atoms with Crippen LogP contribution in [0.1, 0.15) is 16.7 Å². The highest BCUT2D eigenvalue weighted by Gasteiger charge is 2.26. The third-order valence-electron chi connectivity index (χ3n) is 4.81. The fourth-order valence-electron chi connectivity index (χ4n) is 2.95. The molecule has 0 aliphatic rings. The van der Waals surface area contributed by atoms with E-state index in [-0.39, 0.29) is 22.0 Å². The Kier molecular flexibility index (Phi) is 7.21. The molecule has 10 heteroatoms. The van der Waals surface area contributed by atoms with Gasteiger partial charge in [-0.1, -0.05) is 47.5 Å². The SMILES string of the molecule is Cc1ccc(S(=O)(=O)NC(Cc2ccc(OS(=O)(=O)c3ccc(C)cc3)cc2)C(=O)O)cc1. The molecule has 2 N–H and O–H groups in total. The summed E-state index contributed by atoms with van der Waals surface area (Å²) in [5.74, 6) is -1.29. The highest BCUT2D eigenvalue weighted by Crippen LogP contribution is 2.20. The van der Waals surface area contributed by atoms with E-state index >= 15 is 0 Å². The number of hydrogen-bond donors (Lipinski definition) is 2. The van der Waals surface area contributed by atoms with Crippen molar-refractivity contribution in [3.05, 3.63) is 89.5 Å². The molecule has 0 bridgehead atoms. The van der Waals surface area contributed by atoms with Crippen LogP contribution in [0.5, 0.6) is 5.75 Å². The molecular weight excluding hydrogens is 466 g/mol. The van der Waals surface area contributed by atoms with Gasteiger partial charge in [0.25, 0.3) is 0 Å². The number of carboxylic acids is 1. The van der Waals surface area contributed by atoms with Crippen molar-refractivity contribution >= 4 is 26.1 Å². The second-order valence-electron chi connectivity index (χ2n) is 7.52. The Labute approximate surface area is 193 Å². The van der Waals surface area contributed by atoms with E-state index in [0.717, 1.165) is 11.1 Å². The Morgan fingerprint density at radius 2 is 1.30 bits per heavy atom. The molecule has 0 amide bonds. The minimum absolute atomic E-state index is 0.00799. The van der Waals surface area contributed by atoms with Gasteiger partial charge in [-0.15, -0.1) is 0 Å². The first-order valence-electron chi connectivity index (χ1n) is 9.88. The Morgan fingerprint density at radius 3 is 1.79 bits per heavy atom. The molecule has 0 aromatic heterocycles. The smallest absolute Gasteiger partial charge is 0.339 e. The van der Waals surface area contributed by atoms with E-state index in [0.29, 0.717) is 5.56 Å². The summed E-state index contributed by atoms with van der Waals surface area (Å²) in [4.78, 5) is 11.6. The standard InChI is InChI=1S/C23H23NO7S2/c1-16-3-11-20(12-4-16)32(27,28)24-22(23(25)26)15-18-7-9-19(10-8-18)31-33(29,30)21-13-5-17(2)6-14-21/h3-14,22,24H,15H2,1-2H3,(H,25,26). The first-order valence-corrected chi connectivity index (χ1v) is 12.8. The Bertz CT molecular complexity index is 1330. The van der Waals surface area contributed by atoms with E-state index in [4.69, 9.17) is 4.18 Å². The third-order valence-corrected chi connectivity index (χ3v) is 7.55. The summed E-state index contributed by atoms with van der Waals surface area (Å²) in [7, 11) is -8.07. The largest absolute Gasteiger partial charge is 0.480 e. The fraction of sp³-hybridized carbons (Fsp3) is 0.174. The zero-order chi connectivity index (χ0) is 24.2. The number of hydrogen-bond acceptors (Lipinski definition) is 6. The molecule has 0 saturated heterocycles. The van der Waals surface area contributed by atoms with Gasteiger partial charge >= 0.3 is 16.1 Å². The first-order chi connectivity index (χ1) is 15.5. The molecule has 3 aromatic carbocycles. The lowest BCUT2D eigenvalue weighted by Crippen LogP contribution is -2.42. The summed E-state index contributed by atoms with van der Waals surface area (Å²) in [5, 5.41) is 9.51. The van der Waals surface area contributed by atoms with Crippen molar-refractivity contribution in [2.45, 2.75) is 36.1 Å². The predicted molar refractivity (Wildman–Crippen MR) is 122 cm³/mol. The van der Waals surface area contributed by atoms with Crippen LogP contribution in [0.25, 0.3) is 0 Å². The van der Waals surface area contributed by atoms with E-state index in [1.165, 1.54) is 48.5 Å². The topological polar surface area (TPSA) is 127 Å². The monoisotopic (exact) mass is 489 g/mol. The van der Waals surface area contributed by atoms with Crippen LogP contribution >= 0.6 is 0 Å². The number of rotatable bonds is 9. The second-order valence-corrected chi connectivity index (χ2v) is 10.8. The van der Waals surface area contributed by atoms with Crippen LogP contribution in [0.15, 0.2) is 82.6 Å². The quantitative estimate of drug-likeness (QED) is 0.442. The first kappa shape index (κ1) is 24.4. The molecule has 0 spiro atoms. The van der Waals surface area contributed by atoms with E-state index < -0.39 is 32.2 Å². The number of nitrogens with one attached hydrogen (secondary N) is 1. The molecule has 0 saturated carbocycles. The zero-order valence-electron chi connectivity index (χ0n) is 17.9. The highest BCUT2D eigenvalue weighted by molar-refractivity contribution is 7.89. The maximum absolute atomic E-state index is 12.6. The van der Waals surface area contributed by atoms with Gasteiger partial charge in [0.2, 0.25) is 10.0 Å². The third kappa shape index (κ3) is 6.41. The Balaban J connectivity index is 1.72. The average Bonchev–Trinajstić information content (AvgIpc) is 2.75. The van der Waals surface area contributed by atoms with Crippen molar-refractivity contribution in [3.8, 4) is 5.75 Å². The van der Waals surface area contributed by atoms with Gasteiger partial charge in [-0.2, -0.15) is 13.1 Å². The van der Waals surface area contributed by atoms with E-state index in [1.54, 1.807) is 24.3 Å². The number of aryl methyl sites for hydroxylation is 2. The molecule has 1 atom stereocenters. The number of sulfonamides is 1. The lowest BCUT2D eigenvalue weighted by Gasteiger charge is -2.15. The van der Waals surface area contributed by atoms with E-state index in [1.807, 2.05) is 13.8 Å². The zero-order valence-corrected chi connectivity index (χ0v) is 19.6. The van der Waals surface area contributed by atoms with Crippen LogP contribution < -0.4 is 8.91 Å². The molecule has 174 valence electrons. The maximum atomic E-state index is 12.6. The van der Waals surface area contributed by atoms with E-state index in [2.05, 4.69) is 4.72 Å². The van der Waals surface area contributed by atoms with Crippen molar-refractivity contribution in [1.29, 1.82) is 0 Å². The lowest BCUT2D eigenvalue weighted by atomic mass is 10.1. The van der Waals surface area contributed by atoms with Crippen molar-refractivity contribution < 1.29 is 30.9 Å². The molecule has 3 aromatic rings. The Hall–Kier alpha value is -3.21. The van der Waals surface area contributed by atoms with Gasteiger partial charge in [-0.3, -0.25) is 4.79 Å². The van der Waals surface area contributed by atoms with Crippen LogP contribution in [0.3, 0.4) is 0 Å². The van der Waals surface area contributed by atoms with Gasteiger partial charge in [-0.05, 0) is 62.2 Å². The van der Waals surface area contributed by atoms with Gasteiger partial charge in [0.1, 0.15) is 16.7 Å². The Morgan fingerprint density at radius 1 is 0.818 bits per heavy atom. The van der Waals surface area contributed by atoms with Crippen LogP contribution in [-0.2, 0) is 31.4 Å². The molecule has 1 unspecified atom stereocenters. The van der Waals surface area contributed by atoms with Crippen LogP contribution in [0.2, 0.25) is 0 Å². The van der Waals surface area contributed by atoms with Gasteiger partial charge < -0.3 is 9.29 Å². The number of carbonyl (C=O) groups is 1. The molecule has 0 heterocycles. The molecule has 3 rings (SSSR count). The summed E-state index contributed by atoms with van der Waals surface area (Å²) in [6, 6.07) is 16.5. The molecule has 0 aliphatic heterocycles. The molecule has 8 nitrogen and oxygen atoms in total. The maximum Gasteiger partial charge on any atom is 0.339 e. The van der Waals surface area contributed by atoms with Crippen molar-refractivity contribution in [2.75, 3.05) is 0 Å². The fourth-order valence-corrected chi connectivity index (χ4v) is 5.07.